The summed E-state index contributed by atoms with van der Waals surface area (Å²) in [6, 6.07) is 13.6. The zero-order chi connectivity index (χ0) is 22.8. The van der Waals surface area contributed by atoms with Gasteiger partial charge in [0.2, 0.25) is 5.91 Å². The Bertz CT molecular complexity index is 878. The van der Waals surface area contributed by atoms with Crippen molar-refractivity contribution in [3.63, 3.8) is 0 Å². The normalized spacial score (nSPS) is 11.2. The molecule has 0 spiro atoms. The Morgan fingerprint density at radius 2 is 1.58 bits per heavy atom. The quantitative estimate of drug-likeness (QED) is 0.584. The van der Waals surface area contributed by atoms with Crippen LogP contribution in [0.25, 0.3) is 0 Å². The van der Waals surface area contributed by atoms with Crippen molar-refractivity contribution in [3.05, 3.63) is 59.7 Å². The largest absolute Gasteiger partial charge is 0.497 e. The first-order chi connectivity index (χ1) is 14.9. The van der Waals surface area contributed by atoms with Gasteiger partial charge in [-0.3, -0.25) is 14.4 Å². The first-order valence-corrected chi connectivity index (χ1v) is 9.78. The Morgan fingerprint density at radius 1 is 0.968 bits per heavy atom. The van der Waals surface area contributed by atoms with Crippen LogP contribution in [0.1, 0.15) is 29.3 Å². The molecule has 0 saturated heterocycles. The second-order valence-corrected chi connectivity index (χ2v) is 6.99. The second kappa shape index (κ2) is 11.6. The van der Waals surface area contributed by atoms with Gasteiger partial charge in [0, 0.05) is 30.6 Å². The third-order valence-corrected chi connectivity index (χ3v) is 4.58. The van der Waals surface area contributed by atoms with Gasteiger partial charge in [0.05, 0.1) is 21.3 Å². The van der Waals surface area contributed by atoms with E-state index in [4.69, 9.17) is 14.2 Å². The van der Waals surface area contributed by atoms with E-state index in [0.717, 1.165) is 5.56 Å². The average Bonchev–Trinajstić information content (AvgIpc) is 2.78. The summed E-state index contributed by atoms with van der Waals surface area (Å²) in [4.78, 5) is 38.5. The molecule has 1 atom stereocenters. The summed E-state index contributed by atoms with van der Waals surface area (Å²) in [5.74, 6) is 0.0433. The van der Waals surface area contributed by atoms with Crippen molar-refractivity contribution < 1.29 is 28.6 Å². The average molecular weight is 428 g/mol. The number of methoxy groups -OCH3 is 3. The van der Waals surface area contributed by atoms with E-state index in [-0.39, 0.29) is 31.3 Å². The topological polar surface area (TPSA) is 94.2 Å². The zero-order valence-corrected chi connectivity index (χ0v) is 18.2. The minimum absolute atomic E-state index is 0.0245. The number of hydrogen-bond acceptors (Lipinski definition) is 6. The number of carbonyl (C=O) groups is 3. The molecule has 0 aromatic heterocycles. The van der Waals surface area contributed by atoms with Crippen molar-refractivity contribution in [2.75, 3.05) is 27.9 Å². The monoisotopic (exact) mass is 428 g/mol. The lowest BCUT2D eigenvalue weighted by molar-refractivity contribution is -0.147. The van der Waals surface area contributed by atoms with Crippen molar-refractivity contribution in [3.8, 4) is 11.5 Å². The maximum absolute atomic E-state index is 12.9. The number of esters is 1. The fourth-order valence-corrected chi connectivity index (χ4v) is 2.97. The van der Waals surface area contributed by atoms with Crippen LogP contribution in [-0.2, 0) is 20.9 Å². The molecule has 0 heterocycles. The predicted octanol–water partition coefficient (Wildman–Crippen LogP) is 2.41. The van der Waals surface area contributed by atoms with E-state index in [1.165, 1.54) is 26.2 Å². The SMILES string of the molecule is COC(=O)CN(Cc1cc(OC)cc(OC)c1)C(=O)CC(C)NC(=O)c1ccccc1. The summed E-state index contributed by atoms with van der Waals surface area (Å²) < 4.78 is 15.3. The van der Waals surface area contributed by atoms with Crippen LogP contribution in [0.15, 0.2) is 48.5 Å². The number of nitrogens with one attached hydrogen (secondary N) is 1. The summed E-state index contributed by atoms with van der Waals surface area (Å²) in [5, 5.41) is 2.81. The maximum atomic E-state index is 12.9. The maximum Gasteiger partial charge on any atom is 0.325 e. The molecule has 2 amide bonds. The molecule has 2 aromatic rings. The zero-order valence-electron chi connectivity index (χ0n) is 18.2. The van der Waals surface area contributed by atoms with Crippen molar-refractivity contribution in [1.82, 2.24) is 10.2 Å². The number of hydrogen-bond donors (Lipinski definition) is 1. The van der Waals surface area contributed by atoms with E-state index in [0.29, 0.717) is 17.1 Å². The molecule has 8 heteroatoms. The Kier molecular flexibility index (Phi) is 8.87. The third kappa shape index (κ3) is 7.33. The van der Waals surface area contributed by atoms with Gasteiger partial charge in [0.1, 0.15) is 18.0 Å². The molecule has 31 heavy (non-hydrogen) atoms. The van der Waals surface area contributed by atoms with Crippen molar-refractivity contribution in [2.45, 2.75) is 25.9 Å². The molecule has 0 aliphatic carbocycles. The Balaban J connectivity index is 2.10. The highest BCUT2D eigenvalue weighted by Gasteiger charge is 2.22. The fourth-order valence-electron chi connectivity index (χ4n) is 2.97. The number of amides is 2. The number of ether oxygens (including phenoxy) is 3. The molecule has 0 bridgehead atoms. The molecule has 1 unspecified atom stereocenters. The van der Waals surface area contributed by atoms with Crippen LogP contribution in [0.5, 0.6) is 11.5 Å². The van der Waals surface area contributed by atoms with Crippen molar-refractivity contribution >= 4 is 17.8 Å². The van der Waals surface area contributed by atoms with Crippen LogP contribution in [0.3, 0.4) is 0 Å². The lowest BCUT2D eigenvalue weighted by atomic mass is 10.1. The van der Waals surface area contributed by atoms with Crippen molar-refractivity contribution in [2.24, 2.45) is 0 Å². The fraction of sp³-hybridized carbons (Fsp3) is 0.348. The molecule has 0 aliphatic heterocycles. The third-order valence-electron chi connectivity index (χ3n) is 4.58. The van der Waals surface area contributed by atoms with Crippen LogP contribution >= 0.6 is 0 Å². The summed E-state index contributed by atoms with van der Waals surface area (Å²) in [7, 11) is 4.34. The molecule has 0 saturated carbocycles. The number of rotatable bonds is 10. The van der Waals surface area contributed by atoms with Gasteiger partial charge in [0.15, 0.2) is 0 Å². The summed E-state index contributed by atoms with van der Waals surface area (Å²) in [5.41, 5.74) is 1.24. The molecule has 2 aromatic carbocycles. The van der Waals surface area contributed by atoms with Crippen LogP contribution in [0, 0.1) is 0 Å². The summed E-state index contributed by atoms with van der Waals surface area (Å²) >= 11 is 0. The van der Waals surface area contributed by atoms with E-state index in [2.05, 4.69) is 5.32 Å². The first-order valence-electron chi connectivity index (χ1n) is 9.78. The van der Waals surface area contributed by atoms with E-state index >= 15 is 0 Å². The molecule has 8 nitrogen and oxygen atoms in total. The van der Waals surface area contributed by atoms with E-state index in [1.54, 1.807) is 49.4 Å². The molecule has 166 valence electrons. The van der Waals surface area contributed by atoms with Gasteiger partial charge in [-0.25, -0.2) is 0 Å². The highest BCUT2D eigenvalue weighted by Crippen LogP contribution is 2.23. The van der Waals surface area contributed by atoms with E-state index < -0.39 is 12.0 Å². The van der Waals surface area contributed by atoms with Crippen LogP contribution in [-0.4, -0.2) is 56.6 Å². The second-order valence-electron chi connectivity index (χ2n) is 6.99. The standard InChI is InChI=1S/C23H28N2O6/c1-16(24-23(28)18-8-6-5-7-9-18)10-21(26)25(15-22(27)31-4)14-17-11-19(29-2)13-20(12-17)30-3/h5-9,11-13,16H,10,14-15H2,1-4H3,(H,24,28). The number of benzene rings is 2. The minimum atomic E-state index is -0.538. The molecule has 0 fully saturated rings. The molecule has 2 rings (SSSR count). The Morgan fingerprint density at radius 3 is 2.13 bits per heavy atom. The van der Waals surface area contributed by atoms with Crippen LogP contribution in [0.4, 0.5) is 0 Å². The van der Waals surface area contributed by atoms with Crippen LogP contribution < -0.4 is 14.8 Å². The summed E-state index contributed by atoms with van der Waals surface area (Å²) in [6.07, 6.45) is 0.0245. The van der Waals surface area contributed by atoms with E-state index in [9.17, 15) is 14.4 Å². The van der Waals surface area contributed by atoms with Gasteiger partial charge in [0.25, 0.3) is 5.91 Å². The predicted molar refractivity (Wildman–Crippen MR) is 115 cm³/mol. The smallest absolute Gasteiger partial charge is 0.325 e. The molecule has 1 N–H and O–H groups in total. The Labute approximate surface area is 182 Å². The number of carbonyl (C=O) groups excluding carboxylic acids is 3. The van der Waals surface area contributed by atoms with Gasteiger partial charge < -0.3 is 24.4 Å². The van der Waals surface area contributed by atoms with Gasteiger partial charge in [-0.2, -0.15) is 0 Å². The molecule has 0 aliphatic rings. The van der Waals surface area contributed by atoms with E-state index in [1.807, 2.05) is 6.07 Å². The molecular formula is C23H28N2O6. The highest BCUT2D eigenvalue weighted by molar-refractivity contribution is 5.94. The van der Waals surface area contributed by atoms with Crippen molar-refractivity contribution in [1.29, 1.82) is 0 Å². The molecular weight excluding hydrogens is 400 g/mol. The Hall–Kier alpha value is -3.55. The highest BCUT2D eigenvalue weighted by atomic mass is 16.5. The lowest BCUT2D eigenvalue weighted by Gasteiger charge is -2.24. The van der Waals surface area contributed by atoms with Gasteiger partial charge in [-0.1, -0.05) is 18.2 Å². The minimum Gasteiger partial charge on any atom is -0.497 e. The van der Waals surface area contributed by atoms with Gasteiger partial charge in [-0.05, 0) is 36.8 Å². The van der Waals surface area contributed by atoms with Gasteiger partial charge >= 0.3 is 5.97 Å². The lowest BCUT2D eigenvalue weighted by Crippen LogP contribution is -2.41. The van der Waals surface area contributed by atoms with Gasteiger partial charge in [-0.15, -0.1) is 0 Å². The van der Waals surface area contributed by atoms with Crippen LogP contribution in [0.2, 0.25) is 0 Å². The summed E-state index contributed by atoms with van der Waals surface area (Å²) in [6.45, 7) is 1.68. The number of nitrogens with zero attached hydrogens (tertiary/aromatic N) is 1. The molecule has 0 radical (unpaired) electrons. The first kappa shape index (κ1) is 23.7.